The van der Waals surface area contributed by atoms with Gasteiger partial charge in [0.1, 0.15) is 0 Å². The maximum atomic E-state index is 11.6. The number of hydrogen-bond acceptors (Lipinski definition) is 3. The number of aryl methyl sites for hydroxylation is 1. The molecule has 2 aromatic heterocycles. The van der Waals surface area contributed by atoms with E-state index in [9.17, 15) is 4.79 Å². The van der Waals surface area contributed by atoms with Crippen molar-refractivity contribution < 1.29 is 4.79 Å². The van der Waals surface area contributed by atoms with E-state index in [1.165, 1.54) is 11.3 Å². The summed E-state index contributed by atoms with van der Waals surface area (Å²) in [5, 5.41) is 5.91. The number of carbonyl (C=O) groups excluding carboxylic acids is 1. The number of allylic oxidation sites excluding steroid dienone is 1. The van der Waals surface area contributed by atoms with Crippen LogP contribution in [0.1, 0.15) is 15.2 Å². The van der Waals surface area contributed by atoms with Crippen molar-refractivity contribution in [2.45, 2.75) is 0 Å². The summed E-state index contributed by atoms with van der Waals surface area (Å²) >= 11 is 1.45. The van der Waals surface area contributed by atoms with E-state index in [1.54, 1.807) is 23.0 Å². The van der Waals surface area contributed by atoms with E-state index in [0.717, 1.165) is 10.4 Å². The summed E-state index contributed by atoms with van der Waals surface area (Å²) in [7, 11) is 1.85. The van der Waals surface area contributed by atoms with E-state index in [1.807, 2.05) is 30.8 Å². The zero-order valence-corrected chi connectivity index (χ0v) is 9.07. The first-order valence-electron chi connectivity index (χ1n) is 4.50. The second kappa shape index (κ2) is 4.23. The zero-order valence-electron chi connectivity index (χ0n) is 8.25. The van der Waals surface area contributed by atoms with E-state index >= 15 is 0 Å². The molecule has 0 saturated carbocycles. The Kier molecular flexibility index (Phi) is 2.78. The van der Waals surface area contributed by atoms with Crippen LogP contribution in [0.2, 0.25) is 0 Å². The summed E-state index contributed by atoms with van der Waals surface area (Å²) < 4.78 is 1.70. The van der Waals surface area contributed by atoms with Gasteiger partial charge >= 0.3 is 0 Å². The maximum Gasteiger partial charge on any atom is 0.195 e. The fourth-order valence-corrected chi connectivity index (χ4v) is 1.84. The summed E-state index contributed by atoms with van der Waals surface area (Å²) in [5.74, 6) is 0.0360. The Morgan fingerprint density at radius 1 is 1.60 bits per heavy atom. The first-order valence-corrected chi connectivity index (χ1v) is 5.38. The number of nitrogens with zero attached hydrogens (tertiary/aromatic N) is 2. The lowest BCUT2D eigenvalue weighted by Crippen LogP contribution is -1.88. The second-order valence-electron chi connectivity index (χ2n) is 3.12. The van der Waals surface area contributed by atoms with E-state index < -0.39 is 0 Å². The molecule has 2 aromatic rings. The molecule has 0 N–H and O–H groups in total. The summed E-state index contributed by atoms with van der Waals surface area (Å²) in [6, 6.07) is 3.69. The molecule has 76 valence electrons. The SMILES string of the molecule is Cn1cc(C=CC(=O)c2cccs2)cn1. The quantitative estimate of drug-likeness (QED) is 0.585. The van der Waals surface area contributed by atoms with Crippen molar-refractivity contribution in [1.29, 1.82) is 0 Å². The van der Waals surface area contributed by atoms with Gasteiger partial charge in [-0.25, -0.2) is 0 Å². The van der Waals surface area contributed by atoms with Crippen LogP contribution in [0.4, 0.5) is 0 Å². The highest BCUT2D eigenvalue weighted by Crippen LogP contribution is 2.10. The van der Waals surface area contributed by atoms with Gasteiger partial charge < -0.3 is 0 Å². The van der Waals surface area contributed by atoms with Gasteiger partial charge in [-0.3, -0.25) is 9.48 Å². The Balaban J connectivity index is 2.09. The molecule has 0 radical (unpaired) electrons. The third-order valence-electron chi connectivity index (χ3n) is 1.92. The van der Waals surface area contributed by atoms with Gasteiger partial charge in [-0.05, 0) is 23.6 Å². The number of aromatic nitrogens is 2. The Morgan fingerprint density at radius 3 is 3.07 bits per heavy atom. The molecule has 0 unspecified atom stereocenters. The standard InChI is InChI=1S/C11H10N2OS/c1-13-8-9(7-12-13)4-5-10(14)11-3-2-6-15-11/h2-8H,1H3. The number of carbonyl (C=O) groups is 1. The van der Waals surface area contributed by atoms with Gasteiger partial charge in [-0.1, -0.05) is 6.07 Å². The average Bonchev–Trinajstić information content (AvgIpc) is 2.84. The van der Waals surface area contributed by atoms with Crippen LogP contribution in [0.5, 0.6) is 0 Å². The molecule has 0 amide bonds. The van der Waals surface area contributed by atoms with E-state index in [2.05, 4.69) is 5.10 Å². The molecule has 2 rings (SSSR count). The topological polar surface area (TPSA) is 34.9 Å². The maximum absolute atomic E-state index is 11.6. The van der Waals surface area contributed by atoms with Gasteiger partial charge in [-0.2, -0.15) is 5.10 Å². The van der Waals surface area contributed by atoms with E-state index in [4.69, 9.17) is 0 Å². The molecular formula is C11H10N2OS. The van der Waals surface area contributed by atoms with Gasteiger partial charge in [-0.15, -0.1) is 11.3 Å². The normalized spacial score (nSPS) is 11.0. The first-order chi connectivity index (χ1) is 7.25. The van der Waals surface area contributed by atoms with Gasteiger partial charge in [0.05, 0.1) is 11.1 Å². The van der Waals surface area contributed by atoms with Gasteiger partial charge in [0.2, 0.25) is 0 Å². The molecule has 0 fully saturated rings. The minimum absolute atomic E-state index is 0.0360. The molecule has 0 atom stereocenters. The lowest BCUT2D eigenvalue weighted by molar-refractivity contribution is 0.105. The van der Waals surface area contributed by atoms with Crippen LogP contribution in [0.25, 0.3) is 6.08 Å². The summed E-state index contributed by atoms with van der Waals surface area (Å²) in [6.07, 6.45) is 6.92. The highest BCUT2D eigenvalue weighted by Gasteiger charge is 2.01. The molecule has 0 aliphatic heterocycles. The second-order valence-corrected chi connectivity index (χ2v) is 4.07. The van der Waals surface area contributed by atoms with Crippen molar-refractivity contribution in [2.24, 2.45) is 7.05 Å². The molecule has 0 spiro atoms. The van der Waals surface area contributed by atoms with Gasteiger partial charge in [0, 0.05) is 18.8 Å². The van der Waals surface area contributed by atoms with Crippen LogP contribution < -0.4 is 0 Å². The Morgan fingerprint density at radius 2 is 2.47 bits per heavy atom. The fraction of sp³-hybridized carbons (Fsp3) is 0.0909. The number of hydrogen-bond donors (Lipinski definition) is 0. The van der Waals surface area contributed by atoms with Crippen molar-refractivity contribution in [3.8, 4) is 0 Å². The molecule has 0 bridgehead atoms. The van der Waals surface area contributed by atoms with E-state index in [-0.39, 0.29) is 5.78 Å². The van der Waals surface area contributed by atoms with Crippen molar-refractivity contribution in [2.75, 3.05) is 0 Å². The fourth-order valence-electron chi connectivity index (χ4n) is 1.20. The largest absolute Gasteiger partial charge is 0.288 e. The average molecular weight is 218 g/mol. The smallest absolute Gasteiger partial charge is 0.195 e. The molecular weight excluding hydrogens is 208 g/mol. The Labute approximate surface area is 91.7 Å². The molecule has 2 heterocycles. The first kappa shape index (κ1) is 9.86. The molecule has 0 aliphatic rings. The highest BCUT2D eigenvalue weighted by molar-refractivity contribution is 7.12. The molecule has 0 aromatic carbocycles. The van der Waals surface area contributed by atoms with E-state index in [0.29, 0.717) is 0 Å². The summed E-state index contributed by atoms with van der Waals surface area (Å²) in [6.45, 7) is 0. The van der Waals surface area contributed by atoms with Crippen LogP contribution in [0.3, 0.4) is 0 Å². The number of rotatable bonds is 3. The third-order valence-corrected chi connectivity index (χ3v) is 2.80. The van der Waals surface area contributed by atoms with Gasteiger partial charge in [0.25, 0.3) is 0 Å². The zero-order chi connectivity index (χ0) is 10.7. The Bertz CT molecular complexity index is 482. The predicted molar refractivity (Wildman–Crippen MR) is 60.9 cm³/mol. The lowest BCUT2D eigenvalue weighted by Gasteiger charge is -1.86. The molecule has 4 heteroatoms. The molecule has 0 aliphatic carbocycles. The molecule has 15 heavy (non-hydrogen) atoms. The monoisotopic (exact) mass is 218 g/mol. The molecule has 0 saturated heterocycles. The third kappa shape index (κ3) is 2.41. The predicted octanol–water partition coefficient (Wildman–Crippen LogP) is 2.38. The van der Waals surface area contributed by atoms with Crippen molar-refractivity contribution in [3.63, 3.8) is 0 Å². The van der Waals surface area contributed by atoms with Crippen LogP contribution >= 0.6 is 11.3 Å². The van der Waals surface area contributed by atoms with Crippen LogP contribution in [0, 0.1) is 0 Å². The number of thiophene rings is 1. The lowest BCUT2D eigenvalue weighted by atomic mass is 10.2. The van der Waals surface area contributed by atoms with Gasteiger partial charge in [0.15, 0.2) is 5.78 Å². The number of ketones is 1. The van der Waals surface area contributed by atoms with Crippen LogP contribution in [-0.2, 0) is 7.05 Å². The van der Waals surface area contributed by atoms with Crippen LogP contribution in [0.15, 0.2) is 36.0 Å². The minimum atomic E-state index is 0.0360. The van der Waals surface area contributed by atoms with Crippen molar-refractivity contribution in [3.05, 3.63) is 46.4 Å². The highest BCUT2D eigenvalue weighted by atomic mass is 32.1. The molecule has 3 nitrogen and oxygen atoms in total. The van der Waals surface area contributed by atoms with Crippen LogP contribution in [-0.4, -0.2) is 15.6 Å². The van der Waals surface area contributed by atoms with Crippen molar-refractivity contribution in [1.82, 2.24) is 9.78 Å². The summed E-state index contributed by atoms with van der Waals surface area (Å²) in [4.78, 5) is 12.3. The minimum Gasteiger partial charge on any atom is -0.288 e. The summed E-state index contributed by atoms with van der Waals surface area (Å²) in [5.41, 5.74) is 0.933. The Hall–Kier alpha value is -1.68. The van der Waals surface area contributed by atoms with Crippen molar-refractivity contribution >= 4 is 23.2 Å².